The molecule has 0 saturated heterocycles. The molecule has 0 aliphatic heterocycles. The topological polar surface area (TPSA) is 56.5 Å². The highest BCUT2D eigenvalue weighted by atomic mass is 32.1. The maximum Gasteiger partial charge on any atom is 0.166 e. The SMILES string of the molecule is c1ccc(-c2ccc(-c3ccccc3)c(-c3cnc(-c4cccc5sc6ccc7c(c8ccccc8n7-c7ccccc7)c6c45)c(-c4nc(-c5ccccc5)nc(-c5ccccc5)n4)c3)c2)cc1. The number of hydrogen-bond donors (Lipinski definition) is 0. The Balaban J connectivity index is 1.13. The van der Waals surface area contributed by atoms with Crippen LogP contribution in [0.15, 0.2) is 237 Å². The van der Waals surface area contributed by atoms with Crippen molar-refractivity contribution in [1.82, 2.24) is 24.5 Å². The highest BCUT2D eigenvalue weighted by molar-refractivity contribution is 7.26. The molecule has 0 atom stereocenters. The van der Waals surface area contributed by atoms with Gasteiger partial charge in [-0.15, -0.1) is 11.3 Å². The normalized spacial score (nSPS) is 11.5. The molecule has 13 aromatic rings. The van der Waals surface area contributed by atoms with E-state index >= 15 is 0 Å². The summed E-state index contributed by atoms with van der Waals surface area (Å²) in [6.45, 7) is 0. The zero-order valence-corrected chi connectivity index (χ0v) is 37.5. The van der Waals surface area contributed by atoms with Gasteiger partial charge >= 0.3 is 0 Å². The standard InChI is InChI=1S/C62H39N5S/c1-6-19-40(20-7-1)44-33-34-47(41-21-8-2-9-22-41)50(37-44)45-38-51(62-65-60(42-23-10-3-11-24-42)64-61(66-62)43-25-12-4-13-26-43)59(63-39-45)49-30-18-32-54-57(49)58-55(68-54)36-35-53-56(58)48-29-16-17-31-52(48)67(53)46-27-14-5-15-28-46/h1-39H. The predicted octanol–water partition coefficient (Wildman–Crippen LogP) is 16.4. The number of aromatic nitrogens is 5. The van der Waals surface area contributed by atoms with Crippen LogP contribution in [0.25, 0.3) is 126 Å². The molecule has 5 nitrogen and oxygen atoms in total. The molecular formula is C62H39N5S. The van der Waals surface area contributed by atoms with Crippen molar-refractivity contribution in [2.24, 2.45) is 0 Å². The Morgan fingerprint density at radius 3 is 1.59 bits per heavy atom. The van der Waals surface area contributed by atoms with Gasteiger partial charge in [-0.3, -0.25) is 4.98 Å². The van der Waals surface area contributed by atoms with E-state index < -0.39 is 0 Å². The van der Waals surface area contributed by atoms with E-state index in [4.69, 9.17) is 19.9 Å². The average Bonchev–Trinajstić information content (AvgIpc) is 3.98. The van der Waals surface area contributed by atoms with Gasteiger partial charge in [0, 0.05) is 70.6 Å². The van der Waals surface area contributed by atoms with Crippen molar-refractivity contribution in [2.75, 3.05) is 0 Å². The molecule has 4 aromatic heterocycles. The summed E-state index contributed by atoms with van der Waals surface area (Å²) in [6.07, 6.45) is 2.04. The minimum absolute atomic E-state index is 0.546. The van der Waals surface area contributed by atoms with Gasteiger partial charge in [0.1, 0.15) is 0 Å². The Kier molecular flexibility index (Phi) is 9.62. The second-order valence-corrected chi connectivity index (χ2v) is 18.0. The summed E-state index contributed by atoms with van der Waals surface area (Å²) in [4.78, 5) is 21.4. The Morgan fingerprint density at radius 1 is 0.324 bits per heavy atom. The van der Waals surface area contributed by atoms with E-state index in [0.29, 0.717) is 17.5 Å². The van der Waals surface area contributed by atoms with Gasteiger partial charge in [-0.05, 0) is 76.3 Å². The van der Waals surface area contributed by atoms with Crippen molar-refractivity contribution < 1.29 is 0 Å². The lowest BCUT2D eigenvalue weighted by molar-refractivity contribution is 1.07. The van der Waals surface area contributed by atoms with Gasteiger partial charge < -0.3 is 4.57 Å². The van der Waals surface area contributed by atoms with E-state index in [-0.39, 0.29) is 0 Å². The summed E-state index contributed by atoms with van der Waals surface area (Å²) in [7, 11) is 0. The minimum Gasteiger partial charge on any atom is -0.309 e. The molecule has 0 spiro atoms. The third-order valence-electron chi connectivity index (χ3n) is 12.9. The van der Waals surface area contributed by atoms with Crippen LogP contribution in [0.4, 0.5) is 0 Å². The highest BCUT2D eigenvalue weighted by Crippen LogP contribution is 2.48. The zero-order chi connectivity index (χ0) is 45.0. The zero-order valence-electron chi connectivity index (χ0n) is 36.7. The predicted molar refractivity (Wildman–Crippen MR) is 283 cm³/mol. The first-order valence-electron chi connectivity index (χ1n) is 22.8. The molecule has 0 radical (unpaired) electrons. The van der Waals surface area contributed by atoms with Crippen LogP contribution < -0.4 is 0 Å². The van der Waals surface area contributed by atoms with Crippen LogP contribution in [0.1, 0.15) is 0 Å². The summed E-state index contributed by atoms with van der Waals surface area (Å²) in [6, 6.07) is 81.1. The van der Waals surface area contributed by atoms with Crippen LogP contribution in [0.5, 0.6) is 0 Å². The molecule has 0 unspecified atom stereocenters. The second kappa shape index (κ2) is 16.5. The van der Waals surface area contributed by atoms with Gasteiger partial charge in [0.05, 0.1) is 16.7 Å². The number of thiophene rings is 1. The van der Waals surface area contributed by atoms with Gasteiger partial charge in [0.15, 0.2) is 17.5 Å². The number of fused-ring (bicyclic) bond motifs is 7. The van der Waals surface area contributed by atoms with Gasteiger partial charge in [-0.25, -0.2) is 15.0 Å². The Bertz CT molecular complexity index is 3940. The van der Waals surface area contributed by atoms with Crippen molar-refractivity contribution in [2.45, 2.75) is 0 Å². The van der Waals surface area contributed by atoms with Crippen LogP contribution in [-0.4, -0.2) is 24.5 Å². The number of hydrogen-bond acceptors (Lipinski definition) is 5. The van der Waals surface area contributed by atoms with E-state index in [2.05, 4.69) is 199 Å². The molecule has 9 aromatic carbocycles. The average molecular weight is 886 g/mol. The van der Waals surface area contributed by atoms with Gasteiger partial charge in [0.25, 0.3) is 0 Å². The molecule has 0 N–H and O–H groups in total. The van der Waals surface area contributed by atoms with E-state index in [0.717, 1.165) is 77.9 Å². The maximum atomic E-state index is 5.57. The molecule has 0 aliphatic carbocycles. The van der Waals surface area contributed by atoms with Crippen LogP contribution in [0.2, 0.25) is 0 Å². The van der Waals surface area contributed by atoms with E-state index in [9.17, 15) is 0 Å². The van der Waals surface area contributed by atoms with E-state index in [1.165, 1.54) is 31.1 Å². The highest BCUT2D eigenvalue weighted by Gasteiger charge is 2.24. The minimum atomic E-state index is 0.546. The maximum absolute atomic E-state index is 5.57. The lowest BCUT2D eigenvalue weighted by Gasteiger charge is -2.17. The van der Waals surface area contributed by atoms with Crippen LogP contribution in [0.3, 0.4) is 0 Å². The van der Waals surface area contributed by atoms with Crippen molar-refractivity contribution >= 4 is 53.3 Å². The fraction of sp³-hybridized carbons (Fsp3) is 0. The summed E-state index contributed by atoms with van der Waals surface area (Å²) < 4.78 is 4.80. The molecule has 4 heterocycles. The van der Waals surface area contributed by atoms with Crippen molar-refractivity contribution in [3.63, 3.8) is 0 Å². The fourth-order valence-corrected chi connectivity index (χ4v) is 10.9. The summed E-state index contributed by atoms with van der Waals surface area (Å²) in [5, 5.41) is 4.81. The first-order valence-corrected chi connectivity index (χ1v) is 23.6. The molecule has 0 aliphatic rings. The molecule has 0 amide bonds. The number of rotatable bonds is 8. The monoisotopic (exact) mass is 885 g/mol. The smallest absolute Gasteiger partial charge is 0.166 e. The van der Waals surface area contributed by atoms with Gasteiger partial charge in [-0.1, -0.05) is 182 Å². The second-order valence-electron chi connectivity index (χ2n) is 17.0. The van der Waals surface area contributed by atoms with Crippen molar-refractivity contribution in [1.29, 1.82) is 0 Å². The Hall–Kier alpha value is -8.84. The van der Waals surface area contributed by atoms with Crippen molar-refractivity contribution in [3.8, 4) is 84.5 Å². The first-order chi connectivity index (χ1) is 33.7. The van der Waals surface area contributed by atoms with Gasteiger partial charge in [0.2, 0.25) is 0 Å². The molecule has 0 saturated carbocycles. The van der Waals surface area contributed by atoms with Crippen LogP contribution in [0, 0.1) is 0 Å². The lowest BCUT2D eigenvalue weighted by atomic mass is 9.90. The third-order valence-corrected chi connectivity index (χ3v) is 14.0. The number of nitrogens with zero attached hydrogens (tertiary/aromatic N) is 5. The summed E-state index contributed by atoms with van der Waals surface area (Å²) >= 11 is 1.82. The molecule has 6 heteroatoms. The Morgan fingerprint density at radius 2 is 0.897 bits per heavy atom. The molecule has 0 bridgehead atoms. The lowest BCUT2D eigenvalue weighted by Crippen LogP contribution is -2.02. The third kappa shape index (κ3) is 6.77. The summed E-state index contributed by atoms with van der Waals surface area (Å²) in [5.74, 6) is 1.73. The van der Waals surface area contributed by atoms with Crippen LogP contribution >= 0.6 is 11.3 Å². The largest absolute Gasteiger partial charge is 0.309 e. The number of pyridine rings is 1. The number of benzene rings is 9. The molecular weight excluding hydrogens is 847 g/mol. The molecule has 318 valence electrons. The molecule has 13 rings (SSSR count). The van der Waals surface area contributed by atoms with Crippen molar-refractivity contribution in [3.05, 3.63) is 237 Å². The van der Waals surface area contributed by atoms with E-state index in [1.807, 2.05) is 53.9 Å². The molecule has 0 fully saturated rings. The quantitative estimate of drug-likeness (QED) is 0.153. The fourth-order valence-electron chi connectivity index (χ4n) is 9.81. The van der Waals surface area contributed by atoms with Crippen LogP contribution in [-0.2, 0) is 0 Å². The summed E-state index contributed by atoms with van der Waals surface area (Å²) in [5.41, 5.74) is 14.4. The van der Waals surface area contributed by atoms with E-state index in [1.54, 1.807) is 0 Å². The number of para-hydroxylation sites is 2. The Labute approximate surface area is 397 Å². The first kappa shape index (κ1) is 39.5. The van der Waals surface area contributed by atoms with Gasteiger partial charge in [-0.2, -0.15) is 0 Å². The molecule has 68 heavy (non-hydrogen) atoms.